The van der Waals surface area contributed by atoms with E-state index in [2.05, 4.69) is 15.3 Å². The second-order valence-corrected chi connectivity index (χ2v) is 4.12. The van der Waals surface area contributed by atoms with Gasteiger partial charge in [-0.1, -0.05) is 11.6 Å². The second kappa shape index (κ2) is 5.73. The normalized spacial score (nSPS) is 10.4. The van der Waals surface area contributed by atoms with Crippen molar-refractivity contribution in [2.24, 2.45) is 0 Å². The molecule has 0 aliphatic heterocycles. The highest BCUT2D eigenvalue weighted by Crippen LogP contribution is 2.25. The first-order chi connectivity index (χ1) is 8.74. The number of hydrogen-bond donors (Lipinski definition) is 1. The van der Waals surface area contributed by atoms with Crippen molar-refractivity contribution in [3.8, 4) is 0 Å². The summed E-state index contributed by atoms with van der Waals surface area (Å²) >= 11 is 6.14. The molecule has 0 aromatic carbocycles. The van der Waals surface area contributed by atoms with Crippen molar-refractivity contribution in [2.45, 2.75) is 13.5 Å². The van der Waals surface area contributed by atoms with Gasteiger partial charge in [0.1, 0.15) is 10.8 Å². The smallest absolute Gasteiger partial charge is 0.224 e. The van der Waals surface area contributed by atoms with Gasteiger partial charge in [-0.15, -0.1) is 0 Å². The molecular formula is C12H15ClN4O. The molecule has 0 aliphatic carbocycles. The van der Waals surface area contributed by atoms with Gasteiger partial charge in [-0.05, 0) is 19.1 Å². The Labute approximate surface area is 111 Å². The number of rotatable bonds is 5. The predicted octanol–water partition coefficient (Wildman–Crippen LogP) is 2.79. The van der Waals surface area contributed by atoms with Crippen LogP contribution in [0.2, 0.25) is 5.02 Å². The molecule has 0 saturated heterocycles. The molecule has 0 radical (unpaired) electrons. The summed E-state index contributed by atoms with van der Waals surface area (Å²) in [4.78, 5) is 10.5. The summed E-state index contributed by atoms with van der Waals surface area (Å²) in [6, 6.07) is 3.79. The molecule has 0 saturated carbocycles. The lowest BCUT2D eigenvalue weighted by Crippen LogP contribution is -2.23. The van der Waals surface area contributed by atoms with Crippen LogP contribution < -0.4 is 10.2 Å². The van der Waals surface area contributed by atoms with E-state index in [-0.39, 0.29) is 0 Å². The molecule has 0 aliphatic rings. The highest BCUT2D eigenvalue weighted by Gasteiger charge is 2.13. The van der Waals surface area contributed by atoms with Crippen molar-refractivity contribution in [3.63, 3.8) is 0 Å². The maximum absolute atomic E-state index is 6.14. The van der Waals surface area contributed by atoms with Crippen LogP contribution >= 0.6 is 11.6 Å². The molecule has 0 bridgehead atoms. The Bertz CT molecular complexity index is 501. The average molecular weight is 267 g/mol. The van der Waals surface area contributed by atoms with Gasteiger partial charge >= 0.3 is 0 Å². The van der Waals surface area contributed by atoms with Gasteiger partial charge in [0.15, 0.2) is 5.82 Å². The zero-order valence-corrected chi connectivity index (χ0v) is 11.1. The Hall–Kier alpha value is -1.75. The first-order valence-corrected chi connectivity index (χ1v) is 6.10. The zero-order valence-electron chi connectivity index (χ0n) is 10.4. The van der Waals surface area contributed by atoms with Gasteiger partial charge in [-0.3, -0.25) is 0 Å². The SMILES string of the molecule is CCN(Cc1ccco1)c1nc(NC)ncc1Cl. The van der Waals surface area contributed by atoms with E-state index >= 15 is 0 Å². The van der Waals surface area contributed by atoms with E-state index in [9.17, 15) is 0 Å². The summed E-state index contributed by atoms with van der Waals surface area (Å²) in [5.74, 6) is 2.12. The van der Waals surface area contributed by atoms with Crippen LogP contribution in [0.5, 0.6) is 0 Å². The van der Waals surface area contributed by atoms with Gasteiger partial charge in [0, 0.05) is 13.6 Å². The summed E-state index contributed by atoms with van der Waals surface area (Å²) in [6.07, 6.45) is 3.25. The van der Waals surface area contributed by atoms with E-state index < -0.39 is 0 Å². The van der Waals surface area contributed by atoms with E-state index in [1.807, 2.05) is 24.0 Å². The molecule has 0 fully saturated rings. The minimum Gasteiger partial charge on any atom is -0.467 e. The lowest BCUT2D eigenvalue weighted by molar-refractivity contribution is 0.503. The predicted molar refractivity (Wildman–Crippen MR) is 72.0 cm³/mol. The molecule has 2 heterocycles. The molecule has 96 valence electrons. The van der Waals surface area contributed by atoms with Crippen LogP contribution in [0.1, 0.15) is 12.7 Å². The Morgan fingerprint density at radius 2 is 2.33 bits per heavy atom. The summed E-state index contributed by atoms with van der Waals surface area (Å²) in [6.45, 7) is 3.45. The van der Waals surface area contributed by atoms with Gasteiger partial charge < -0.3 is 14.6 Å². The first-order valence-electron chi connectivity index (χ1n) is 5.72. The lowest BCUT2D eigenvalue weighted by Gasteiger charge is -2.21. The van der Waals surface area contributed by atoms with E-state index in [4.69, 9.17) is 16.0 Å². The lowest BCUT2D eigenvalue weighted by atomic mass is 10.4. The fourth-order valence-corrected chi connectivity index (χ4v) is 1.84. The number of hydrogen-bond acceptors (Lipinski definition) is 5. The quantitative estimate of drug-likeness (QED) is 0.902. The topological polar surface area (TPSA) is 54.2 Å². The van der Waals surface area contributed by atoms with Gasteiger partial charge in [-0.25, -0.2) is 4.98 Å². The number of anilines is 2. The van der Waals surface area contributed by atoms with Gasteiger partial charge in [0.2, 0.25) is 5.95 Å². The molecule has 0 unspecified atom stereocenters. The number of furan rings is 1. The Morgan fingerprint density at radius 1 is 1.50 bits per heavy atom. The molecule has 6 heteroatoms. The van der Waals surface area contributed by atoms with Crippen LogP contribution in [0.15, 0.2) is 29.0 Å². The first kappa shape index (κ1) is 12.7. The van der Waals surface area contributed by atoms with Crippen molar-refractivity contribution in [1.29, 1.82) is 0 Å². The highest BCUT2D eigenvalue weighted by atomic mass is 35.5. The molecule has 18 heavy (non-hydrogen) atoms. The maximum atomic E-state index is 6.14. The molecule has 2 rings (SSSR count). The molecule has 0 atom stereocenters. The van der Waals surface area contributed by atoms with Gasteiger partial charge in [-0.2, -0.15) is 4.98 Å². The summed E-state index contributed by atoms with van der Waals surface area (Å²) < 4.78 is 5.34. The van der Waals surface area contributed by atoms with E-state index in [0.717, 1.165) is 12.3 Å². The molecule has 0 spiro atoms. The summed E-state index contributed by atoms with van der Waals surface area (Å²) in [7, 11) is 1.77. The van der Waals surface area contributed by atoms with E-state index in [1.54, 1.807) is 19.5 Å². The third kappa shape index (κ3) is 2.73. The van der Waals surface area contributed by atoms with Crippen molar-refractivity contribution in [3.05, 3.63) is 35.4 Å². The Kier molecular flexibility index (Phi) is 4.04. The van der Waals surface area contributed by atoms with Crippen molar-refractivity contribution in [2.75, 3.05) is 23.8 Å². The maximum Gasteiger partial charge on any atom is 0.224 e. The summed E-state index contributed by atoms with van der Waals surface area (Å²) in [5.41, 5.74) is 0. The molecule has 2 aromatic rings. The number of aromatic nitrogens is 2. The van der Waals surface area contributed by atoms with Crippen LogP contribution in [-0.4, -0.2) is 23.6 Å². The molecule has 0 amide bonds. The minimum absolute atomic E-state index is 0.530. The van der Waals surface area contributed by atoms with Crippen LogP contribution in [0, 0.1) is 0 Å². The minimum atomic E-state index is 0.530. The molecule has 1 N–H and O–H groups in total. The Balaban J connectivity index is 2.26. The highest BCUT2D eigenvalue weighted by molar-refractivity contribution is 6.32. The third-order valence-electron chi connectivity index (χ3n) is 2.56. The summed E-state index contributed by atoms with van der Waals surface area (Å²) in [5, 5.41) is 3.43. The van der Waals surface area contributed by atoms with Crippen LogP contribution in [-0.2, 0) is 6.54 Å². The van der Waals surface area contributed by atoms with Crippen molar-refractivity contribution >= 4 is 23.4 Å². The van der Waals surface area contributed by atoms with Crippen LogP contribution in [0.25, 0.3) is 0 Å². The fourth-order valence-electron chi connectivity index (χ4n) is 1.63. The molecule has 2 aromatic heterocycles. The van der Waals surface area contributed by atoms with E-state index in [1.165, 1.54) is 0 Å². The molecule has 5 nitrogen and oxygen atoms in total. The van der Waals surface area contributed by atoms with Crippen LogP contribution in [0.3, 0.4) is 0 Å². The number of nitrogens with one attached hydrogen (secondary N) is 1. The monoisotopic (exact) mass is 266 g/mol. The van der Waals surface area contributed by atoms with Crippen molar-refractivity contribution < 1.29 is 4.42 Å². The Morgan fingerprint density at radius 3 is 2.94 bits per heavy atom. The fraction of sp³-hybridized carbons (Fsp3) is 0.333. The second-order valence-electron chi connectivity index (χ2n) is 3.71. The number of halogens is 1. The van der Waals surface area contributed by atoms with E-state index in [0.29, 0.717) is 23.3 Å². The largest absolute Gasteiger partial charge is 0.467 e. The average Bonchev–Trinajstić information content (AvgIpc) is 2.90. The number of nitrogens with zero attached hydrogens (tertiary/aromatic N) is 3. The molecular weight excluding hydrogens is 252 g/mol. The van der Waals surface area contributed by atoms with Gasteiger partial charge in [0.25, 0.3) is 0 Å². The zero-order chi connectivity index (χ0) is 13.0. The van der Waals surface area contributed by atoms with Gasteiger partial charge in [0.05, 0.1) is 19.0 Å². The third-order valence-corrected chi connectivity index (χ3v) is 2.82. The standard InChI is InChI=1S/C12H15ClN4O/c1-3-17(8-9-5-4-6-18-9)11-10(13)7-15-12(14-2)16-11/h4-7H,3,8H2,1-2H3,(H,14,15,16). The van der Waals surface area contributed by atoms with Crippen molar-refractivity contribution in [1.82, 2.24) is 9.97 Å². The van der Waals surface area contributed by atoms with Crippen LogP contribution in [0.4, 0.5) is 11.8 Å².